The molecule has 1 heterocycles. The van der Waals surface area contributed by atoms with Crippen LogP contribution in [0.1, 0.15) is 44.9 Å². The Morgan fingerprint density at radius 2 is 1.85 bits per heavy atom. The van der Waals surface area contributed by atoms with Crippen molar-refractivity contribution in [2.75, 3.05) is 6.54 Å². The summed E-state index contributed by atoms with van der Waals surface area (Å²) in [5.74, 6) is -1.23. The monoisotopic (exact) mass is 280 g/mol. The first-order valence-electron chi connectivity index (χ1n) is 7.41. The van der Waals surface area contributed by atoms with Crippen LogP contribution in [-0.2, 0) is 14.4 Å². The van der Waals surface area contributed by atoms with E-state index in [1.807, 2.05) is 0 Å². The van der Waals surface area contributed by atoms with Crippen LogP contribution >= 0.6 is 0 Å². The Hall–Kier alpha value is -1.43. The summed E-state index contributed by atoms with van der Waals surface area (Å²) >= 11 is 0. The number of rotatable bonds is 5. The molecule has 1 aliphatic heterocycles. The summed E-state index contributed by atoms with van der Waals surface area (Å²) in [6, 6.07) is -0.343. The van der Waals surface area contributed by atoms with Gasteiger partial charge in [-0.1, -0.05) is 12.8 Å². The van der Waals surface area contributed by atoms with Gasteiger partial charge in [-0.05, 0) is 25.7 Å². The van der Waals surface area contributed by atoms with Crippen LogP contribution in [-0.4, -0.2) is 57.4 Å². The van der Waals surface area contributed by atoms with Gasteiger partial charge in [0.1, 0.15) is 0 Å². The maximum Gasteiger partial charge on any atom is 0.317 e. The Balaban J connectivity index is 1.77. The van der Waals surface area contributed by atoms with Crippen molar-refractivity contribution in [1.29, 1.82) is 0 Å². The summed E-state index contributed by atoms with van der Waals surface area (Å²) in [6.07, 6.45) is 5.94. The lowest BCUT2D eigenvalue weighted by Crippen LogP contribution is -2.49. The number of aliphatic carboxylic acids is 1. The zero-order valence-electron chi connectivity index (χ0n) is 11.5. The van der Waals surface area contributed by atoms with Crippen molar-refractivity contribution in [3.8, 4) is 0 Å². The van der Waals surface area contributed by atoms with Crippen LogP contribution in [0.4, 0.5) is 0 Å². The molecule has 2 aliphatic carbocycles. The fraction of sp³-hybridized carbons (Fsp3) is 0.786. The van der Waals surface area contributed by atoms with E-state index in [9.17, 15) is 14.4 Å². The number of carbonyl (C=O) groups is 3. The molecule has 20 heavy (non-hydrogen) atoms. The summed E-state index contributed by atoms with van der Waals surface area (Å²) in [5.41, 5.74) is 0. The summed E-state index contributed by atoms with van der Waals surface area (Å²) in [6.45, 7) is -0.146. The molecule has 6 nitrogen and oxygen atoms in total. The van der Waals surface area contributed by atoms with Crippen molar-refractivity contribution in [1.82, 2.24) is 9.80 Å². The maximum atomic E-state index is 12.4. The normalized spacial score (nSPS) is 27.9. The maximum absolute atomic E-state index is 12.4. The Bertz CT molecular complexity index is 440. The molecule has 3 fully saturated rings. The molecule has 3 aliphatic rings. The molecular weight excluding hydrogens is 260 g/mol. The van der Waals surface area contributed by atoms with E-state index in [1.54, 1.807) is 4.90 Å². The molecule has 0 bridgehead atoms. The van der Waals surface area contributed by atoms with Gasteiger partial charge in [-0.15, -0.1) is 0 Å². The number of hydrogen-bond donors (Lipinski definition) is 1. The predicted octanol–water partition coefficient (Wildman–Crippen LogP) is 0.605. The summed E-state index contributed by atoms with van der Waals surface area (Å²) in [5, 5.41) is 9.09. The van der Waals surface area contributed by atoms with Crippen LogP contribution in [0, 0.1) is 0 Å². The first-order valence-corrected chi connectivity index (χ1v) is 7.41. The SMILES string of the molecule is O=C(O)CN(C1CCCC1)C1CC(=O)N(C2CC2)C1=O. The van der Waals surface area contributed by atoms with E-state index in [4.69, 9.17) is 5.11 Å². The second-order valence-electron chi connectivity index (χ2n) is 6.06. The highest BCUT2D eigenvalue weighted by atomic mass is 16.4. The van der Waals surface area contributed by atoms with Crippen LogP contribution in [0.2, 0.25) is 0 Å². The molecule has 1 saturated heterocycles. The molecular formula is C14H20N2O4. The fourth-order valence-electron chi connectivity index (χ4n) is 3.50. The number of likely N-dealkylation sites (tertiary alicyclic amines) is 1. The van der Waals surface area contributed by atoms with Crippen molar-refractivity contribution in [2.24, 2.45) is 0 Å². The van der Waals surface area contributed by atoms with Crippen LogP contribution < -0.4 is 0 Å². The number of carbonyl (C=O) groups excluding carboxylic acids is 2. The first kappa shape index (κ1) is 13.5. The second kappa shape index (κ2) is 5.16. The summed E-state index contributed by atoms with van der Waals surface area (Å²) < 4.78 is 0. The summed E-state index contributed by atoms with van der Waals surface area (Å²) in [4.78, 5) is 38.7. The number of nitrogens with zero attached hydrogens (tertiary/aromatic N) is 2. The standard InChI is InChI=1S/C14H20N2O4/c17-12-7-11(14(20)16(12)10-5-6-10)15(8-13(18)19)9-3-1-2-4-9/h9-11H,1-8H2,(H,18,19). The second-order valence-corrected chi connectivity index (χ2v) is 6.06. The minimum absolute atomic E-state index is 0.0789. The third-order valence-corrected chi connectivity index (χ3v) is 4.58. The van der Waals surface area contributed by atoms with E-state index in [2.05, 4.69) is 0 Å². The highest BCUT2D eigenvalue weighted by Crippen LogP contribution is 2.35. The number of carboxylic acids is 1. The zero-order chi connectivity index (χ0) is 14.3. The molecule has 0 aromatic heterocycles. The molecule has 1 N–H and O–H groups in total. The molecule has 1 unspecified atom stereocenters. The lowest BCUT2D eigenvalue weighted by Gasteiger charge is -2.31. The predicted molar refractivity (Wildman–Crippen MR) is 69.9 cm³/mol. The van der Waals surface area contributed by atoms with Crippen LogP contribution in [0.25, 0.3) is 0 Å². The smallest absolute Gasteiger partial charge is 0.317 e. The Morgan fingerprint density at radius 3 is 2.40 bits per heavy atom. The minimum atomic E-state index is -0.929. The molecule has 2 amide bonds. The minimum Gasteiger partial charge on any atom is -0.480 e. The molecule has 0 spiro atoms. The van der Waals surface area contributed by atoms with E-state index in [-0.39, 0.29) is 36.9 Å². The van der Waals surface area contributed by atoms with Gasteiger partial charge in [0.25, 0.3) is 0 Å². The molecule has 3 rings (SSSR count). The van der Waals surface area contributed by atoms with Gasteiger partial charge in [-0.25, -0.2) is 0 Å². The van der Waals surface area contributed by atoms with Crippen molar-refractivity contribution < 1.29 is 19.5 Å². The van der Waals surface area contributed by atoms with Crippen molar-refractivity contribution in [3.63, 3.8) is 0 Å². The van der Waals surface area contributed by atoms with E-state index < -0.39 is 12.0 Å². The molecule has 6 heteroatoms. The van der Waals surface area contributed by atoms with Crippen molar-refractivity contribution in [3.05, 3.63) is 0 Å². The number of carboxylic acid groups (broad SMARTS) is 1. The Labute approximate surface area is 117 Å². The average Bonchev–Trinajstić information content (AvgIpc) is 2.98. The van der Waals surface area contributed by atoms with Gasteiger partial charge in [0.2, 0.25) is 11.8 Å². The number of amides is 2. The van der Waals surface area contributed by atoms with E-state index in [0.717, 1.165) is 38.5 Å². The molecule has 0 aromatic carbocycles. The molecule has 2 saturated carbocycles. The van der Waals surface area contributed by atoms with Crippen LogP contribution in [0.15, 0.2) is 0 Å². The van der Waals surface area contributed by atoms with Crippen LogP contribution in [0.3, 0.4) is 0 Å². The highest BCUT2D eigenvalue weighted by molar-refractivity contribution is 6.06. The first-order chi connectivity index (χ1) is 9.58. The fourth-order valence-corrected chi connectivity index (χ4v) is 3.50. The van der Waals surface area contributed by atoms with E-state index in [0.29, 0.717) is 0 Å². The Kier molecular flexibility index (Phi) is 3.50. The molecule has 1 atom stereocenters. The lowest BCUT2D eigenvalue weighted by molar-refractivity contribution is -0.142. The van der Waals surface area contributed by atoms with Gasteiger partial charge in [0.15, 0.2) is 0 Å². The van der Waals surface area contributed by atoms with Gasteiger partial charge < -0.3 is 5.11 Å². The highest BCUT2D eigenvalue weighted by Gasteiger charge is 2.49. The number of hydrogen-bond acceptors (Lipinski definition) is 4. The van der Waals surface area contributed by atoms with Crippen molar-refractivity contribution >= 4 is 17.8 Å². The van der Waals surface area contributed by atoms with Gasteiger partial charge in [-0.3, -0.25) is 24.2 Å². The molecule has 110 valence electrons. The van der Waals surface area contributed by atoms with Gasteiger partial charge in [0.05, 0.1) is 19.0 Å². The number of imide groups is 1. The van der Waals surface area contributed by atoms with Crippen LogP contribution in [0.5, 0.6) is 0 Å². The van der Waals surface area contributed by atoms with Crippen molar-refractivity contribution in [2.45, 2.75) is 63.1 Å². The Morgan fingerprint density at radius 1 is 1.20 bits per heavy atom. The quantitative estimate of drug-likeness (QED) is 0.746. The van der Waals surface area contributed by atoms with Gasteiger partial charge >= 0.3 is 5.97 Å². The molecule has 0 radical (unpaired) electrons. The third-order valence-electron chi connectivity index (χ3n) is 4.58. The lowest BCUT2D eigenvalue weighted by atomic mass is 10.1. The van der Waals surface area contributed by atoms with E-state index in [1.165, 1.54) is 4.90 Å². The topological polar surface area (TPSA) is 77.9 Å². The van der Waals surface area contributed by atoms with E-state index >= 15 is 0 Å². The molecule has 0 aromatic rings. The van der Waals surface area contributed by atoms with Gasteiger partial charge in [0, 0.05) is 12.1 Å². The summed E-state index contributed by atoms with van der Waals surface area (Å²) in [7, 11) is 0. The average molecular weight is 280 g/mol. The zero-order valence-corrected chi connectivity index (χ0v) is 11.5. The third kappa shape index (κ3) is 2.44. The largest absolute Gasteiger partial charge is 0.480 e. The van der Waals surface area contributed by atoms with Gasteiger partial charge in [-0.2, -0.15) is 0 Å².